The van der Waals surface area contributed by atoms with Crippen LogP contribution in [0, 0.1) is 0 Å². The molecule has 1 aromatic carbocycles. The summed E-state index contributed by atoms with van der Waals surface area (Å²) in [5.74, 6) is 0.286. The number of hydrogen-bond acceptors (Lipinski definition) is 5. The van der Waals surface area contributed by atoms with Crippen LogP contribution in [0.3, 0.4) is 0 Å². The highest BCUT2D eigenvalue weighted by Crippen LogP contribution is 2.26. The first kappa shape index (κ1) is 17.7. The SMILES string of the molecule is CCOc1ccc(N)cc1S(=O)(=O)NCC(C)(C)OCC. The van der Waals surface area contributed by atoms with E-state index in [0.29, 0.717) is 18.9 Å². The Bertz CT molecular complexity index is 570. The zero-order chi connectivity index (χ0) is 16.1. The van der Waals surface area contributed by atoms with Crippen molar-refractivity contribution in [2.75, 3.05) is 25.5 Å². The number of sulfonamides is 1. The van der Waals surface area contributed by atoms with Gasteiger partial charge in [0.2, 0.25) is 10.0 Å². The van der Waals surface area contributed by atoms with E-state index >= 15 is 0 Å². The molecule has 1 aromatic rings. The van der Waals surface area contributed by atoms with Crippen molar-refractivity contribution in [2.45, 2.75) is 38.2 Å². The van der Waals surface area contributed by atoms with Crippen molar-refractivity contribution >= 4 is 15.7 Å². The molecule has 0 fully saturated rings. The van der Waals surface area contributed by atoms with E-state index in [1.807, 2.05) is 20.8 Å². The molecule has 0 atom stereocenters. The first-order valence-electron chi connectivity index (χ1n) is 6.88. The summed E-state index contributed by atoms with van der Waals surface area (Å²) in [4.78, 5) is 0.0386. The molecular weight excluding hydrogens is 292 g/mol. The largest absolute Gasteiger partial charge is 0.492 e. The van der Waals surface area contributed by atoms with E-state index in [9.17, 15) is 8.42 Å². The highest BCUT2D eigenvalue weighted by molar-refractivity contribution is 7.89. The minimum absolute atomic E-state index is 0.0386. The van der Waals surface area contributed by atoms with Crippen molar-refractivity contribution < 1.29 is 17.9 Å². The van der Waals surface area contributed by atoms with E-state index in [2.05, 4.69) is 4.72 Å². The Morgan fingerprint density at radius 2 is 1.90 bits per heavy atom. The second-order valence-electron chi connectivity index (χ2n) is 5.16. The van der Waals surface area contributed by atoms with E-state index in [4.69, 9.17) is 15.2 Å². The Kier molecular flexibility index (Phi) is 6.00. The predicted molar refractivity (Wildman–Crippen MR) is 82.9 cm³/mol. The molecule has 0 radical (unpaired) electrons. The molecule has 0 aromatic heterocycles. The van der Waals surface area contributed by atoms with Gasteiger partial charge in [-0.3, -0.25) is 0 Å². The molecule has 0 bridgehead atoms. The minimum Gasteiger partial charge on any atom is -0.492 e. The van der Waals surface area contributed by atoms with Crippen molar-refractivity contribution in [2.24, 2.45) is 0 Å². The zero-order valence-corrected chi connectivity index (χ0v) is 13.8. The molecule has 0 amide bonds. The second-order valence-corrected chi connectivity index (χ2v) is 6.89. The standard InChI is InChI=1S/C14H24N2O4S/c1-5-19-12-8-7-11(15)9-13(12)21(17,18)16-10-14(3,4)20-6-2/h7-9,16H,5-6,10,15H2,1-4H3. The van der Waals surface area contributed by atoms with Crippen LogP contribution in [-0.2, 0) is 14.8 Å². The molecule has 0 aliphatic rings. The number of anilines is 1. The predicted octanol–water partition coefficient (Wildman–Crippen LogP) is 1.76. The average Bonchev–Trinajstić information content (AvgIpc) is 2.39. The number of nitrogens with one attached hydrogen (secondary N) is 1. The second kappa shape index (κ2) is 7.11. The van der Waals surface area contributed by atoms with Crippen LogP contribution in [0.25, 0.3) is 0 Å². The molecular formula is C14H24N2O4S. The van der Waals surface area contributed by atoms with Gasteiger partial charge < -0.3 is 15.2 Å². The van der Waals surface area contributed by atoms with Gasteiger partial charge in [0.15, 0.2) is 0 Å². The van der Waals surface area contributed by atoms with Gasteiger partial charge in [-0.15, -0.1) is 0 Å². The third-order valence-electron chi connectivity index (χ3n) is 2.78. The van der Waals surface area contributed by atoms with E-state index in [0.717, 1.165) is 0 Å². The van der Waals surface area contributed by atoms with Gasteiger partial charge in [0.1, 0.15) is 10.6 Å². The summed E-state index contributed by atoms with van der Waals surface area (Å²) in [6.45, 7) is 8.33. The lowest BCUT2D eigenvalue weighted by Crippen LogP contribution is -2.40. The molecule has 0 unspecified atom stereocenters. The van der Waals surface area contributed by atoms with Crippen LogP contribution in [0.2, 0.25) is 0 Å². The topological polar surface area (TPSA) is 90.7 Å². The number of nitrogens with two attached hydrogens (primary N) is 1. The van der Waals surface area contributed by atoms with Gasteiger partial charge in [0.05, 0.1) is 12.2 Å². The van der Waals surface area contributed by atoms with Gasteiger partial charge in [0, 0.05) is 18.8 Å². The van der Waals surface area contributed by atoms with Gasteiger partial charge in [-0.25, -0.2) is 13.1 Å². The molecule has 1 rings (SSSR count). The van der Waals surface area contributed by atoms with Crippen molar-refractivity contribution in [3.8, 4) is 5.75 Å². The highest BCUT2D eigenvalue weighted by atomic mass is 32.2. The summed E-state index contributed by atoms with van der Waals surface area (Å²) in [6.07, 6.45) is 0. The monoisotopic (exact) mass is 316 g/mol. The van der Waals surface area contributed by atoms with Crippen LogP contribution < -0.4 is 15.2 Å². The quantitative estimate of drug-likeness (QED) is 0.713. The maximum atomic E-state index is 12.4. The number of rotatable bonds is 8. The third kappa shape index (κ3) is 5.18. The molecule has 0 aliphatic carbocycles. The lowest BCUT2D eigenvalue weighted by Gasteiger charge is -2.25. The summed E-state index contributed by atoms with van der Waals surface area (Å²) in [6, 6.07) is 4.55. The van der Waals surface area contributed by atoms with Crippen molar-refractivity contribution in [1.29, 1.82) is 0 Å². The molecule has 3 N–H and O–H groups in total. The smallest absolute Gasteiger partial charge is 0.244 e. The zero-order valence-electron chi connectivity index (χ0n) is 13.0. The Labute approximate surface area is 126 Å². The lowest BCUT2D eigenvalue weighted by atomic mass is 10.1. The van der Waals surface area contributed by atoms with E-state index in [1.54, 1.807) is 19.1 Å². The fourth-order valence-electron chi connectivity index (χ4n) is 1.80. The highest BCUT2D eigenvalue weighted by Gasteiger charge is 2.25. The Balaban J connectivity index is 3.00. The molecule has 0 heterocycles. The summed E-state index contributed by atoms with van der Waals surface area (Å²) in [7, 11) is -3.72. The van der Waals surface area contributed by atoms with E-state index < -0.39 is 15.6 Å². The lowest BCUT2D eigenvalue weighted by molar-refractivity contribution is -0.00515. The number of hydrogen-bond donors (Lipinski definition) is 2. The van der Waals surface area contributed by atoms with Gasteiger partial charge in [-0.05, 0) is 45.9 Å². The number of benzene rings is 1. The summed E-state index contributed by atoms with van der Waals surface area (Å²) in [5, 5.41) is 0. The van der Waals surface area contributed by atoms with Crippen LogP contribution in [-0.4, -0.2) is 33.8 Å². The summed E-state index contributed by atoms with van der Waals surface area (Å²) < 4.78 is 38.2. The van der Waals surface area contributed by atoms with Crippen molar-refractivity contribution in [3.63, 3.8) is 0 Å². The van der Waals surface area contributed by atoms with Gasteiger partial charge in [-0.1, -0.05) is 0 Å². The molecule has 0 aliphatic heterocycles. The van der Waals surface area contributed by atoms with Crippen LogP contribution in [0.5, 0.6) is 5.75 Å². The Hall–Kier alpha value is -1.31. The molecule has 21 heavy (non-hydrogen) atoms. The van der Waals surface area contributed by atoms with E-state index in [1.165, 1.54) is 6.07 Å². The fraction of sp³-hybridized carbons (Fsp3) is 0.571. The van der Waals surface area contributed by atoms with Crippen LogP contribution in [0.4, 0.5) is 5.69 Å². The first-order valence-corrected chi connectivity index (χ1v) is 8.36. The first-order chi connectivity index (χ1) is 9.72. The molecule has 0 spiro atoms. The molecule has 7 heteroatoms. The average molecular weight is 316 g/mol. The van der Waals surface area contributed by atoms with Crippen LogP contribution in [0.1, 0.15) is 27.7 Å². The van der Waals surface area contributed by atoms with Crippen LogP contribution >= 0.6 is 0 Å². The molecule has 120 valence electrons. The maximum absolute atomic E-state index is 12.4. The van der Waals surface area contributed by atoms with Gasteiger partial charge >= 0.3 is 0 Å². The Morgan fingerprint density at radius 1 is 1.24 bits per heavy atom. The van der Waals surface area contributed by atoms with E-state index in [-0.39, 0.29) is 17.2 Å². The minimum atomic E-state index is -3.72. The van der Waals surface area contributed by atoms with Gasteiger partial charge in [0.25, 0.3) is 0 Å². The summed E-state index contributed by atoms with van der Waals surface area (Å²) >= 11 is 0. The number of nitrogen functional groups attached to an aromatic ring is 1. The van der Waals surface area contributed by atoms with Crippen LogP contribution in [0.15, 0.2) is 23.1 Å². The van der Waals surface area contributed by atoms with Gasteiger partial charge in [-0.2, -0.15) is 0 Å². The summed E-state index contributed by atoms with van der Waals surface area (Å²) in [5.41, 5.74) is 5.45. The molecule has 0 saturated heterocycles. The third-order valence-corrected chi connectivity index (χ3v) is 4.20. The maximum Gasteiger partial charge on any atom is 0.244 e. The fourth-order valence-corrected chi connectivity index (χ4v) is 3.17. The Morgan fingerprint density at radius 3 is 2.48 bits per heavy atom. The number of ether oxygens (including phenoxy) is 2. The molecule has 0 saturated carbocycles. The normalized spacial score (nSPS) is 12.4. The van der Waals surface area contributed by atoms with Crippen molar-refractivity contribution in [1.82, 2.24) is 4.72 Å². The van der Waals surface area contributed by atoms with Crippen molar-refractivity contribution in [3.05, 3.63) is 18.2 Å². The molecule has 6 nitrogen and oxygen atoms in total.